The number of phenolic OH excluding ortho intramolecular Hbond substituents is 1. The van der Waals surface area contributed by atoms with Gasteiger partial charge >= 0.3 is 6.03 Å². The standard InChI is InChI=1S/C22H19N5O5/c1-11-17(18(23)26-32-11)12-2-5-14(6-3-12)22(20(30)24-21(31)25-22)10-27-9-13-4-7-15(28)8-16(13)19(27)29/h2-8,28H,9-10H2,1H3,(H2,23,26)(H2,24,25,30,31)/t22-/m1/s1. The summed E-state index contributed by atoms with van der Waals surface area (Å²) >= 11 is 0. The Balaban J connectivity index is 1.51. The number of amides is 4. The Hall–Kier alpha value is -4.34. The summed E-state index contributed by atoms with van der Waals surface area (Å²) in [6.07, 6.45) is 0. The van der Waals surface area contributed by atoms with Crippen LogP contribution in [0.4, 0.5) is 10.6 Å². The number of nitrogens with one attached hydrogen (secondary N) is 2. The van der Waals surface area contributed by atoms with Crippen molar-refractivity contribution in [3.63, 3.8) is 0 Å². The molecule has 4 amide bonds. The van der Waals surface area contributed by atoms with Crippen LogP contribution in [0.15, 0.2) is 47.0 Å². The fourth-order valence-corrected chi connectivity index (χ4v) is 4.32. The monoisotopic (exact) mass is 433 g/mol. The van der Waals surface area contributed by atoms with Gasteiger partial charge in [-0.3, -0.25) is 14.9 Å². The van der Waals surface area contributed by atoms with Crippen molar-refractivity contribution >= 4 is 23.7 Å². The highest BCUT2D eigenvalue weighted by atomic mass is 16.5. The molecule has 0 saturated carbocycles. The molecule has 5 N–H and O–H groups in total. The van der Waals surface area contributed by atoms with Gasteiger partial charge in [-0.2, -0.15) is 0 Å². The largest absolute Gasteiger partial charge is 0.508 e. The van der Waals surface area contributed by atoms with Gasteiger partial charge in [0.1, 0.15) is 11.5 Å². The van der Waals surface area contributed by atoms with Crippen LogP contribution < -0.4 is 16.4 Å². The highest BCUT2D eigenvalue weighted by Crippen LogP contribution is 2.34. The van der Waals surface area contributed by atoms with Gasteiger partial charge in [-0.1, -0.05) is 35.5 Å². The third-order valence-corrected chi connectivity index (χ3v) is 5.90. The fraction of sp³-hybridized carbons (Fsp3) is 0.182. The van der Waals surface area contributed by atoms with Crippen molar-refractivity contribution in [1.82, 2.24) is 20.7 Å². The van der Waals surface area contributed by atoms with Gasteiger partial charge in [0.25, 0.3) is 11.8 Å². The Kier molecular flexibility index (Phi) is 4.19. The van der Waals surface area contributed by atoms with Gasteiger partial charge in [0.15, 0.2) is 11.4 Å². The zero-order valence-corrected chi connectivity index (χ0v) is 17.0. The third-order valence-electron chi connectivity index (χ3n) is 5.90. The molecule has 32 heavy (non-hydrogen) atoms. The molecule has 10 heteroatoms. The van der Waals surface area contributed by atoms with E-state index in [2.05, 4.69) is 15.8 Å². The molecule has 1 atom stereocenters. The van der Waals surface area contributed by atoms with E-state index in [4.69, 9.17) is 10.3 Å². The Morgan fingerprint density at radius 2 is 1.94 bits per heavy atom. The predicted octanol–water partition coefficient (Wildman–Crippen LogP) is 1.63. The number of benzene rings is 2. The van der Waals surface area contributed by atoms with Crippen molar-refractivity contribution in [3.05, 3.63) is 64.9 Å². The minimum absolute atomic E-state index is 0.0144. The molecular weight excluding hydrogens is 414 g/mol. The molecule has 0 unspecified atom stereocenters. The molecule has 3 heterocycles. The van der Waals surface area contributed by atoms with E-state index in [1.807, 2.05) is 0 Å². The van der Waals surface area contributed by atoms with Crippen LogP contribution >= 0.6 is 0 Å². The number of anilines is 1. The number of nitrogens with zero attached hydrogens (tertiary/aromatic N) is 2. The SMILES string of the molecule is Cc1onc(N)c1-c1ccc([C@@]2(CN3Cc4ccc(O)cc4C3=O)NC(=O)NC2=O)cc1. The Morgan fingerprint density at radius 1 is 1.19 bits per heavy atom. The van der Waals surface area contributed by atoms with Crippen LogP contribution in [0.3, 0.4) is 0 Å². The molecule has 2 aliphatic heterocycles. The van der Waals surface area contributed by atoms with Crippen LogP contribution in [-0.4, -0.2) is 39.6 Å². The second-order valence-corrected chi connectivity index (χ2v) is 7.89. The summed E-state index contributed by atoms with van der Waals surface area (Å²) in [6.45, 7) is 1.92. The smallest absolute Gasteiger partial charge is 0.322 e. The lowest BCUT2D eigenvalue weighted by atomic mass is 9.88. The lowest BCUT2D eigenvalue weighted by Crippen LogP contribution is -2.52. The van der Waals surface area contributed by atoms with E-state index in [-0.39, 0.29) is 30.6 Å². The van der Waals surface area contributed by atoms with Gasteiger partial charge in [-0.25, -0.2) is 4.79 Å². The van der Waals surface area contributed by atoms with E-state index >= 15 is 0 Å². The van der Waals surface area contributed by atoms with Crippen LogP contribution in [0.1, 0.15) is 27.2 Å². The number of aromatic hydroxyl groups is 1. The fourth-order valence-electron chi connectivity index (χ4n) is 4.32. The zero-order chi connectivity index (χ0) is 22.6. The third kappa shape index (κ3) is 2.88. The van der Waals surface area contributed by atoms with E-state index in [1.54, 1.807) is 37.3 Å². The molecule has 0 aliphatic carbocycles. The summed E-state index contributed by atoms with van der Waals surface area (Å²) in [5, 5.41) is 18.4. The first-order valence-corrected chi connectivity index (χ1v) is 9.86. The van der Waals surface area contributed by atoms with E-state index in [9.17, 15) is 19.5 Å². The number of rotatable bonds is 4. The first-order valence-electron chi connectivity index (χ1n) is 9.86. The summed E-state index contributed by atoms with van der Waals surface area (Å²) in [6, 6.07) is 10.8. The molecule has 162 valence electrons. The Morgan fingerprint density at radius 3 is 2.56 bits per heavy atom. The molecule has 3 aromatic rings. The molecule has 1 fully saturated rings. The van der Waals surface area contributed by atoms with Crippen LogP contribution in [0.25, 0.3) is 11.1 Å². The van der Waals surface area contributed by atoms with Crippen molar-refractivity contribution in [2.75, 3.05) is 12.3 Å². The summed E-state index contributed by atoms with van der Waals surface area (Å²) in [5.74, 6) is -0.0863. The molecule has 1 aromatic heterocycles. The van der Waals surface area contributed by atoms with Crippen LogP contribution in [-0.2, 0) is 16.9 Å². The maximum atomic E-state index is 12.9. The number of phenols is 1. The van der Waals surface area contributed by atoms with Gasteiger partial charge in [0, 0.05) is 12.1 Å². The number of nitrogen functional groups attached to an aromatic ring is 1. The molecule has 0 spiro atoms. The number of hydrogen-bond acceptors (Lipinski definition) is 7. The minimum atomic E-state index is -1.47. The van der Waals surface area contributed by atoms with Gasteiger partial charge in [-0.15, -0.1) is 0 Å². The first kappa shape index (κ1) is 19.6. The number of fused-ring (bicyclic) bond motifs is 1. The summed E-state index contributed by atoms with van der Waals surface area (Å²) in [4.78, 5) is 39.4. The minimum Gasteiger partial charge on any atom is -0.508 e. The average Bonchev–Trinajstić information content (AvgIpc) is 3.36. The van der Waals surface area contributed by atoms with Crippen LogP contribution in [0, 0.1) is 6.92 Å². The number of hydrogen-bond donors (Lipinski definition) is 4. The van der Waals surface area contributed by atoms with Gasteiger partial charge < -0.3 is 25.6 Å². The normalized spacial score (nSPS) is 19.8. The first-order chi connectivity index (χ1) is 15.3. The zero-order valence-electron chi connectivity index (χ0n) is 17.0. The number of nitrogens with two attached hydrogens (primary N) is 1. The van der Waals surface area contributed by atoms with Gasteiger partial charge in [0.2, 0.25) is 0 Å². The molecule has 2 aromatic carbocycles. The quantitative estimate of drug-likeness (QED) is 0.457. The van der Waals surface area contributed by atoms with Crippen LogP contribution in [0.5, 0.6) is 5.75 Å². The molecule has 1 saturated heterocycles. The highest BCUT2D eigenvalue weighted by molar-refractivity contribution is 6.08. The second kappa shape index (κ2) is 6.84. The van der Waals surface area contributed by atoms with Crippen molar-refractivity contribution in [2.24, 2.45) is 0 Å². The summed E-state index contributed by atoms with van der Waals surface area (Å²) < 4.78 is 5.11. The molecule has 2 aliphatic rings. The van der Waals surface area contributed by atoms with Crippen LogP contribution in [0.2, 0.25) is 0 Å². The number of urea groups is 1. The number of carbonyl (C=O) groups excluding carboxylic acids is 3. The summed E-state index contributed by atoms with van der Waals surface area (Å²) in [7, 11) is 0. The van der Waals surface area contributed by atoms with E-state index in [0.29, 0.717) is 22.5 Å². The van der Waals surface area contributed by atoms with E-state index in [0.717, 1.165) is 11.1 Å². The van der Waals surface area contributed by atoms with Crippen molar-refractivity contribution in [3.8, 4) is 16.9 Å². The predicted molar refractivity (Wildman–Crippen MR) is 112 cm³/mol. The molecule has 0 radical (unpaired) electrons. The Bertz CT molecular complexity index is 1260. The second-order valence-electron chi connectivity index (χ2n) is 7.89. The molecule has 10 nitrogen and oxygen atoms in total. The maximum absolute atomic E-state index is 12.9. The number of imide groups is 1. The lowest BCUT2D eigenvalue weighted by Gasteiger charge is -2.31. The number of aromatic nitrogens is 1. The van der Waals surface area contributed by atoms with Crippen molar-refractivity contribution in [1.29, 1.82) is 0 Å². The molecule has 5 rings (SSSR count). The van der Waals surface area contributed by atoms with Gasteiger partial charge in [-0.05, 0) is 35.7 Å². The Labute approximate surface area is 182 Å². The average molecular weight is 433 g/mol. The lowest BCUT2D eigenvalue weighted by molar-refractivity contribution is -0.124. The summed E-state index contributed by atoms with van der Waals surface area (Å²) in [5.41, 5.74) is 7.42. The maximum Gasteiger partial charge on any atom is 0.322 e. The van der Waals surface area contributed by atoms with Gasteiger partial charge in [0.05, 0.1) is 12.1 Å². The topological polar surface area (TPSA) is 151 Å². The van der Waals surface area contributed by atoms with Crippen molar-refractivity contribution in [2.45, 2.75) is 19.0 Å². The molecular formula is C22H19N5O5. The molecule has 0 bridgehead atoms. The van der Waals surface area contributed by atoms with E-state index in [1.165, 1.54) is 17.0 Å². The highest BCUT2D eigenvalue weighted by Gasteiger charge is 2.50. The number of aryl methyl sites for hydroxylation is 1. The van der Waals surface area contributed by atoms with Crippen molar-refractivity contribution < 1.29 is 24.0 Å². The number of carbonyl (C=O) groups is 3. The van der Waals surface area contributed by atoms with E-state index < -0.39 is 17.5 Å².